The van der Waals surface area contributed by atoms with Crippen LogP contribution in [0.4, 0.5) is 5.69 Å². The Labute approximate surface area is 214 Å². The van der Waals surface area contributed by atoms with Crippen LogP contribution in [0.25, 0.3) is 10.9 Å². The molecule has 196 valence electrons. The fourth-order valence-electron chi connectivity index (χ4n) is 4.43. The zero-order chi connectivity index (χ0) is 27.1. The topological polar surface area (TPSA) is 143 Å². The van der Waals surface area contributed by atoms with Crippen LogP contribution < -0.4 is 4.72 Å². The molecule has 0 saturated carbocycles. The van der Waals surface area contributed by atoms with Gasteiger partial charge in [-0.3, -0.25) is 19.1 Å². The Morgan fingerprint density at radius 3 is 2.19 bits per heavy atom. The van der Waals surface area contributed by atoms with Gasteiger partial charge in [0.25, 0.3) is 17.6 Å². The van der Waals surface area contributed by atoms with Gasteiger partial charge >= 0.3 is 0 Å². The van der Waals surface area contributed by atoms with Crippen molar-refractivity contribution in [2.45, 2.75) is 13.0 Å². The first-order chi connectivity index (χ1) is 17.3. The predicted octanol–water partition coefficient (Wildman–Crippen LogP) is 1.38. The van der Waals surface area contributed by atoms with Crippen molar-refractivity contribution in [3.63, 3.8) is 0 Å². The molecule has 4 rings (SSSR count). The van der Waals surface area contributed by atoms with Gasteiger partial charge in [0, 0.05) is 42.8 Å². The first kappa shape index (κ1) is 26.4. The molecule has 1 aromatic heterocycles. The van der Waals surface area contributed by atoms with Crippen molar-refractivity contribution in [2.24, 2.45) is 0 Å². The molecule has 1 aliphatic rings. The minimum Gasteiger partial charge on any atom is -0.335 e. The van der Waals surface area contributed by atoms with E-state index >= 15 is 0 Å². The standard InChI is InChI=1S/C24H26N4O7S2/c1-16-14-26(23(30)17-8-5-4-6-9-17)12-13-27(16)24(31)22(29)19-15-28(37(3,34)35)21-18(19)10-7-11-20(21)25-36(2,32)33/h4-11,15-16,25H,12-14H2,1-3H3/t16-/m1/s1. The van der Waals surface area contributed by atoms with Gasteiger partial charge in [0.15, 0.2) is 0 Å². The number of sulfonamides is 1. The van der Waals surface area contributed by atoms with E-state index in [0.29, 0.717) is 5.56 Å². The monoisotopic (exact) mass is 546 g/mol. The number of aromatic nitrogens is 1. The van der Waals surface area contributed by atoms with E-state index in [1.54, 1.807) is 36.1 Å². The van der Waals surface area contributed by atoms with Crippen molar-refractivity contribution < 1.29 is 31.2 Å². The zero-order valence-electron chi connectivity index (χ0n) is 20.4. The first-order valence-corrected chi connectivity index (χ1v) is 15.0. The summed E-state index contributed by atoms with van der Waals surface area (Å²) in [4.78, 5) is 42.4. The maximum absolute atomic E-state index is 13.4. The minimum absolute atomic E-state index is 0.0432. The van der Waals surface area contributed by atoms with Crippen LogP contribution in [0.2, 0.25) is 0 Å². The number of para-hydroxylation sites is 1. The number of piperazine rings is 1. The van der Waals surface area contributed by atoms with Crippen molar-refractivity contribution in [3.05, 3.63) is 65.9 Å². The van der Waals surface area contributed by atoms with Crippen LogP contribution >= 0.6 is 0 Å². The molecule has 1 saturated heterocycles. The quantitative estimate of drug-likeness (QED) is 0.363. The smallest absolute Gasteiger partial charge is 0.295 e. The van der Waals surface area contributed by atoms with Crippen LogP contribution in [0.5, 0.6) is 0 Å². The van der Waals surface area contributed by atoms with Crippen molar-refractivity contribution in [2.75, 3.05) is 36.9 Å². The molecule has 1 aliphatic heterocycles. The molecule has 11 nitrogen and oxygen atoms in total. The molecule has 13 heteroatoms. The SMILES string of the molecule is C[C@@H]1CN(C(=O)c2ccccc2)CCN1C(=O)C(=O)c1cn(S(C)(=O)=O)c2c(NS(C)(=O)=O)cccc12. The maximum Gasteiger partial charge on any atom is 0.295 e. The summed E-state index contributed by atoms with van der Waals surface area (Å²) in [6.07, 6.45) is 2.86. The van der Waals surface area contributed by atoms with Gasteiger partial charge in [-0.05, 0) is 25.1 Å². The van der Waals surface area contributed by atoms with Crippen LogP contribution in [0.15, 0.2) is 54.7 Å². The van der Waals surface area contributed by atoms with Crippen molar-refractivity contribution in [3.8, 4) is 0 Å². The summed E-state index contributed by atoms with van der Waals surface area (Å²) >= 11 is 0. The minimum atomic E-state index is -3.96. The number of nitrogens with zero attached hydrogens (tertiary/aromatic N) is 3. The number of ketones is 1. The van der Waals surface area contributed by atoms with Gasteiger partial charge in [-0.1, -0.05) is 30.3 Å². The average Bonchev–Trinajstić information content (AvgIpc) is 3.24. The van der Waals surface area contributed by atoms with E-state index in [9.17, 15) is 31.2 Å². The number of nitrogens with one attached hydrogen (secondary N) is 1. The average molecular weight is 547 g/mol. The van der Waals surface area contributed by atoms with Crippen molar-refractivity contribution in [1.29, 1.82) is 0 Å². The van der Waals surface area contributed by atoms with Crippen LogP contribution in [0.1, 0.15) is 27.6 Å². The van der Waals surface area contributed by atoms with E-state index in [1.807, 2.05) is 6.07 Å². The number of benzene rings is 2. The molecule has 0 bridgehead atoms. The Morgan fingerprint density at radius 1 is 0.919 bits per heavy atom. The molecule has 37 heavy (non-hydrogen) atoms. The molecule has 1 atom stereocenters. The second-order valence-corrected chi connectivity index (χ2v) is 12.6. The lowest BCUT2D eigenvalue weighted by Gasteiger charge is -2.39. The third-order valence-corrected chi connectivity index (χ3v) is 7.67. The first-order valence-electron chi connectivity index (χ1n) is 11.3. The van der Waals surface area contributed by atoms with Crippen LogP contribution in [0.3, 0.4) is 0 Å². The summed E-state index contributed by atoms with van der Waals surface area (Å²) in [5.74, 6) is -1.94. The zero-order valence-corrected chi connectivity index (χ0v) is 22.0. The molecule has 0 spiro atoms. The highest BCUT2D eigenvalue weighted by molar-refractivity contribution is 7.92. The summed E-state index contributed by atoms with van der Waals surface area (Å²) in [6.45, 7) is 2.30. The maximum atomic E-state index is 13.4. The number of fused-ring (bicyclic) bond motifs is 1. The summed E-state index contributed by atoms with van der Waals surface area (Å²) < 4.78 is 51.7. The van der Waals surface area contributed by atoms with Crippen molar-refractivity contribution >= 4 is 54.2 Å². The van der Waals surface area contributed by atoms with E-state index in [4.69, 9.17) is 0 Å². The predicted molar refractivity (Wildman–Crippen MR) is 138 cm³/mol. The fourth-order valence-corrected chi connectivity index (χ4v) is 5.82. The van der Waals surface area contributed by atoms with Crippen LogP contribution in [0, 0.1) is 0 Å². The molecule has 1 fully saturated rings. The van der Waals surface area contributed by atoms with Gasteiger partial charge in [0.1, 0.15) is 0 Å². The lowest BCUT2D eigenvalue weighted by Crippen LogP contribution is -2.56. The van der Waals surface area contributed by atoms with E-state index in [0.717, 1.165) is 22.7 Å². The molecular weight excluding hydrogens is 520 g/mol. The number of carbonyl (C=O) groups excluding carboxylic acids is 3. The van der Waals surface area contributed by atoms with E-state index < -0.39 is 37.8 Å². The number of hydrogen-bond acceptors (Lipinski definition) is 7. The van der Waals surface area contributed by atoms with Gasteiger partial charge in [-0.15, -0.1) is 0 Å². The highest BCUT2D eigenvalue weighted by atomic mass is 32.2. The highest BCUT2D eigenvalue weighted by Crippen LogP contribution is 2.31. The van der Waals surface area contributed by atoms with Crippen LogP contribution in [-0.4, -0.2) is 86.4 Å². The highest BCUT2D eigenvalue weighted by Gasteiger charge is 2.35. The number of Topliss-reactive ketones (excluding diaryl/α,β-unsaturated/α-hetero) is 1. The molecule has 1 N–H and O–H groups in total. The summed E-state index contributed by atoms with van der Waals surface area (Å²) in [7, 11) is -7.73. The number of rotatable bonds is 6. The summed E-state index contributed by atoms with van der Waals surface area (Å²) in [5, 5.41) is 0.114. The van der Waals surface area contributed by atoms with E-state index in [-0.39, 0.29) is 47.7 Å². The second-order valence-electron chi connectivity index (χ2n) is 8.97. The number of amides is 2. The van der Waals surface area contributed by atoms with Crippen LogP contribution in [-0.2, 0) is 24.8 Å². The van der Waals surface area contributed by atoms with Crippen molar-refractivity contribution in [1.82, 2.24) is 13.8 Å². The number of anilines is 1. The second kappa shape index (κ2) is 9.63. The molecule has 0 radical (unpaired) electrons. The lowest BCUT2D eigenvalue weighted by atomic mass is 10.1. The molecule has 0 unspecified atom stereocenters. The molecule has 2 heterocycles. The fraction of sp³-hybridized carbons (Fsp3) is 0.292. The Hall–Kier alpha value is -3.71. The molecule has 2 aromatic carbocycles. The summed E-state index contributed by atoms with van der Waals surface area (Å²) in [6, 6.07) is 12.6. The van der Waals surface area contributed by atoms with Gasteiger partial charge < -0.3 is 9.80 Å². The third kappa shape index (κ3) is 5.37. The normalized spacial score (nSPS) is 16.6. The molecular formula is C24H26N4O7S2. The van der Waals surface area contributed by atoms with E-state index in [2.05, 4.69) is 4.72 Å². The molecule has 0 aliphatic carbocycles. The van der Waals surface area contributed by atoms with Gasteiger partial charge in [0.2, 0.25) is 20.0 Å². The van der Waals surface area contributed by atoms with Gasteiger partial charge in [-0.2, -0.15) is 0 Å². The Kier molecular flexibility index (Phi) is 6.86. The largest absolute Gasteiger partial charge is 0.335 e. The van der Waals surface area contributed by atoms with Gasteiger partial charge in [0.05, 0.1) is 29.3 Å². The third-order valence-electron chi connectivity index (χ3n) is 6.08. The number of hydrogen-bond donors (Lipinski definition) is 1. The Balaban J connectivity index is 1.64. The van der Waals surface area contributed by atoms with Gasteiger partial charge in [-0.25, -0.2) is 20.8 Å². The summed E-state index contributed by atoms with van der Waals surface area (Å²) in [5.41, 5.74) is 0.256. The Morgan fingerprint density at radius 2 is 1.59 bits per heavy atom. The molecule has 3 aromatic rings. The Bertz CT molecular complexity index is 1610. The lowest BCUT2D eigenvalue weighted by molar-refractivity contribution is -0.130. The van der Waals surface area contributed by atoms with E-state index in [1.165, 1.54) is 23.1 Å². The number of carbonyl (C=O) groups is 3. The molecule has 2 amide bonds.